The normalized spacial score (nSPS) is 20.9. The maximum absolute atomic E-state index is 11.9. The fraction of sp³-hybridized carbons (Fsp3) is 0.385. The van der Waals surface area contributed by atoms with Gasteiger partial charge >= 0.3 is 5.97 Å². The van der Waals surface area contributed by atoms with Crippen molar-refractivity contribution >= 4 is 27.8 Å². The Hall–Kier alpha value is -1.40. The van der Waals surface area contributed by atoms with Crippen LogP contribution in [0.15, 0.2) is 22.7 Å². The van der Waals surface area contributed by atoms with E-state index in [9.17, 15) is 9.59 Å². The number of carboxylic acid groups (broad SMARTS) is 1. The van der Waals surface area contributed by atoms with Gasteiger partial charge in [-0.25, -0.2) is 4.79 Å². The van der Waals surface area contributed by atoms with Crippen LogP contribution in [-0.4, -0.2) is 35.2 Å². The quantitative estimate of drug-likeness (QED) is 0.765. The molecular formula is C13H14BrNO4. The first kappa shape index (κ1) is 14.0. The molecule has 0 aliphatic heterocycles. The maximum Gasteiger partial charge on any atom is 0.336 e. The van der Waals surface area contributed by atoms with Gasteiger partial charge in [0.2, 0.25) is 0 Å². The summed E-state index contributed by atoms with van der Waals surface area (Å²) < 4.78 is 0.382. The van der Waals surface area contributed by atoms with Crippen LogP contribution in [0.25, 0.3) is 0 Å². The maximum atomic E-state index is 11.9. The minimum absolute atomic E-state index is 0.124. The van der Waals surface area contributed by atoms with Crippen LogP contribution in [0.1, 0.15) is 27.1 Å². The Kier molecular flexibility index (Phi) is 4.21. The first-order valence-corrected chi connectivity index (χ1v) is 6.74. The number of carbonyl (C=O) groups excluding carboxylic acids is 1. The number of benzene rings is 1. The van der Waals surface area contributed by atoms with Gasteiger partial charge < -0.3 is 15.5 Å². The molecule has 0 radical (unpaired) electrons. The summed E-state index contributed by atoms with van der Waals surface area (Å²) >= 11 is 3.14. The number of aliphatic hydroxyl groups is 1. The highest BCUT2D eigenvalue weighted by atomic mass is 79.9. The Morgan fingerprint density at radius 1 is 1.37 bits per heavy atom. The first-order chi connectivity index (χ1) is 9.02. The molecule has 0 aromatic heterocycles. The van der Waals surface area contributed by atoms with E-state index in [1.165, 1.54) is 18.2 Å². The average molecular weight is 328 g/mol. The summed E-state index contributed by atoms with van der Waals surface area (Å²) in [5, 5.41) is 20.6. The number of carboxylic acids is 1. The van der Waals surface area contributed by atoms with Gasteiger partial charge in [0.1, 0.15) is 0 Å². The molecule has 2 atom stereocenters. The fourth-order valence-corrected chi connectivity index (χ4v) is 2.49. The topological polar surface area (TPSA) is 86.6 Å². The molecule has 1 aliphatic carbocycles. The van der Waals surface area contributed by atoms with Crippen LogP contribution in [0.5, 0.6) is 0 Å². The van der Waals surface area contributed by atoms with Gasteiger partial charge in [0.15, 0.2) is 0 Å². The third-order valence-electron chi connectivity index (χ3n) is 3.29. The number of hydrogen-bond acceptors (Lipinski definition) is 3. The number of nitrogens with one attached hydrogen (secondary N) is 1. The fourth-order valence-electron chi connectivity index (χ4n) is 1.94. The van der Waals surface area contributed by atoms with Crippen molar-refractivity contribution in [2.75, 3.05) is 13.2 Å². The monoisotopic (exact) mass is 327 g/mol. The molecule has 3 N–H and O–H groups in total. The highest BCUT2D eigenvalue weighted by molar-refractivity contribution is 9.10. The van der Waals surface area contributed by atoms with Gasteiger partial charge in [-0.2, -0.15) is 0 Å². The molecule has 102 valence electrons. The zero-order valence-electron chi connectivity index (χ0n) is 10.1. The lowest BCUT2D eigenvalue weighted by Crippen LogP contribution is -2.26. The third-order valence-corrected chi connectivity index (χ3v) is 3.95. The number of rotatable bonds is 5. The molecular weight excluding hydrogens is 314 g/mol. The van der Waals surface area contributed by atoms with Crippen LogP contribution >= 0.6 is 15.9 Å². The van der Waals surface area contributed by atoms with E-state index in [1.54, 1.807) is 0 Å². The van der Waals surface area contributed by atoms with Crippen molar-refractivity contribution in [3.05, 3.63) is 33.8 Å². The van der Waals surface area contributed by atoms with E-state index in [-0.39, 0.29) is 18.1 Å². The summed E-state index contributed by atoms with van der Waals surface area (Å²) in [5.74, 6) is -0.610. The zero-order chi connectivity index (χ0) is 14.0. The Labute approximate surface area is 118 Å². The van der Waals surface area contributed by atoms with Crippen molar-refractivity contribution in [1.29, 1.82) is 0 Å². The molecule has 0 saturated heterocycles. The second-order valence-corrected chi connectivity index (χ2v) is 5.50. The van der Waals surface area contributed by atoms with E-state index in [1.807, 2.05) is 0 Å². The average Bonchev–Trinajstić information content (AvgIpc) is 3.14. The van der Waals surface area contributed by atoms with E-state index in [2.05, 4.69) is 21.2 Å². The van der Waals surface area contributed by atoms with Gasteiger partial charge in [0.05, 0.1) is 5.56 Å². The van der Waals surface area contributed by atoms with Gasteiger partial charge in [-0.3, -0.25) is 4.79 Å². The van der Waals surface area contributed by atoms with Gasteiger partial charge in [0.25, 0.3) is 5.91 Å². The smallest absolute Gasteiger partial charge is 0.336 e. The molecule has 1 saturated carbocycles. The van der Waals surface area contributed by atoms with Gasteiger partial charge in [-0.15, -0.1) is 0 Å². The Morgan fingerprint density at radius 3 is 2.63 bits per heavy atom. The highest BCUT2D eigenvalue weighted by Crippen LogP contribution is 2.37. The van der Waals surface area contributed by atoms with Crippen LogP contribution in [0.2, 0.25) is 0 Å². The van der Waals surface area contributed by atoms with Crippen molar-refractivity contribution in [1.82, 2.24) is 5.32 Å². The lowest BCUT2D eigenvalue weighted by atomic mass is 10.1. The second kappa shape index (κ2) is 5.71. The molecule has 1 fully saturated rings. The Morgan fingerprint density at radius 2 is 2.11 bits per heavy atom. The van der Waals surface area contributed by atoms with E-state index in [0.29, 0.717) is 28.4 Å². The van der Waals surface area contributed by atoms with Crippen LogP contribution < -0.4 is 5.32 Å². The van der Waals surface area contributed by atoms with Crippen molar-refractivity contribution in [3.8, 4) is 0 Å². The minimum Gasteiger partial charge on any atom is -0.478 e. The Bertz CT molecular complexity index is 517. The number of carbonyl (C=O) groups is 2. The van der Waals surface area contributed by atoms with Gasteiger partial charge in [-0.1, -0.05) is 0 Å². The van der Waals surface area contributed by atoms with Crippen molar-refractivity contribution < 1.29 is 19.8 Å². The van der Waals surface area contributed by atoms with Crippen molar-refractivity contribution in [2.24, 2.45) is 11.8 Å². The van der Waals surface area contributed by atoms with Crippen molar-refractivity contribution in [2.45, 2.75) is 6.42 Å². The lowest BCUT2D eigenvalue weighted by Gasteiger charge is -2.06. The van der Waals surface area contributed by atoms with Gasteiger partial charge in [0, 0.05) is 23.2 Å². The molecule has 2 rings (SSSR count). The predicted octanol–water partition coefficient (Wildman–Crippen LogP) is 1.51. The van der Waals surface area contributed by atoms with Gasteiger partial charge in [-0.05, 0) is 52.4 Å². The number of amides is 1. The van der Waals surface area contributed by atoms with E-state index >= 15 is 0 Å². The lowest BCUT2D eigenvalue weighted by molar-refractivity contribution is 0.0695. The summed E-state index contributed by atoms with van der Waals surface area (Å²) in [6.07, 6.45) is 0.943. The molecule has 5 nitrogen and oxygen atoms in total. The minimum atomic E-state index is -1.04. The number of hydrogen-bond donors (Lipinski definition) is 3. The molecule has 19 heavy (non-hydrogen) atoms. The molecule has 0 spiro atoms. The predicted molar refractivity (Wildman–Crippen MR) is 72.1 cm³/mol. The molecule has 0 heterocycles. The summed E-state index contributed by atoms with van der Waals surface area (Å²) in [6.45, 7) is 0.710. The van der Waals surface area contributed by atoms with E-state index in [0.717, 1.165) is 6.42 Å². The molecule has 1 amide bonds. The molecule has 1 aliphatic rings. The van der Waals surface area contributed by atoms with Crippen molar-refractivity contribution in [3.63, 3.8) is 0 Å². The van der Waals surface area contributed by atoms with Crippen LogP contribution in [0.3, 0.4) is 0 Å². The summed E-state index contributed by atoms with van der Waals surface area (Å²) in [5.41, 5.74) is 0.539. The van der Waals surface area contributed by atoms with E-state index < -0.39 is 5.97 Å². The number of halogens is 1. The summed E-state index contributed by atoms with van der Waals surface area (Å²) in [4.78, 5) is 22.7. The standard InChI is InChI=1S/C13H14BrNO4/c14-11-4-7(1-2-10(11)13(18)19)12(17)15-5-8-3-9(8)6-16/h1-2,4,8-9,16H,3,5-6H2,(H,15,17)(H,18,19)/t8-,9+/m1/s1. The highest BCUT2D eigenvalue weighted by Gasteiger charge is 2.36. The molecule has 0 unspecified atom stereocenters. The molecule has 1 aromatic rings. The molecule has 1 aromatic carbocycles. The third kappa shape index (κ3) is 3.33. The number of aliphatic hydroxyl groups excluding tert-OH is 1. The second-order valence-electron chi connectivity index (χ2n) is 4.65. The SMILES string of the molecule is O=C(NC[C@H]1C[C@H]1CO)c1ccc(C(=O)O)c(Br)c1. The number of aromatic carboxylic acids is 1. The zero-order valence-corrected chi connectivity index (χ0v) is 11.7. The van der Waals surface area contributed by atoms with Crippen LogP contribution in [-0.2, 0) is 0 Å². The molecule has 6 heteroatoms. The summed E-state index contributed by atoms with van der Waals surface area (Å²) in [7, 11) is 0. The summed E-state index contributed by atoms with van der Waals surface area (Å²) in [6, 6.07) is 4.38. The van der Waals surface area contributed by atoms with Crippen LogP contribution in [0.4, 0.5) is 0 Å². The largest absolute Gasteiger partial charge is 0.478 e. The Balaban J connectivity index is 1.96. The first-order valence-electron chi connectivity index (χ1n) is 5.94. The van der Waals surface area contributed by atoms with E-state index in [4.69, 9.17) is 10.2 Å². The molecule has 0 bridgehead atoms. The van der Waals surface area contributed by atoms with Crippen LogP contribution in [0, 0.1) is 11.8 Å².